The van der Waals surface area contributed by atoms with Crippen LogP contribution in [0.5, 0.6) is 0 Å². The number of aromatic amines is 1. The molecule has 2 heterocycles. The second-order valence-electron chi connectivity index (χ2n) is 11.4. The van der Waals surface area contributed by atoms with Gasteiger partial charge in [0, 0.05) is 51.1 Å². The first-order chi connectivity index (χ1) is 19.1. The van der Waals surface area contributed by atoms with E-state index in [2.05, 4.69) is 10.3 Å². The number of H-pyrrole nitrogens is 1. The highest BCUT2D eigenvalue weighted by Crippen LogP contribution is 2.29. The number of methoxy groups -OCH3 is 1. The monoisotopic (exact) mass is 576 g/mol. The average Bonchev–Trinajstić information content (AvgIpc) is 3.47. The van der Waals surface area contributed by atoms with Gasteiger partial charge in [0.1, 0.15) is 29.6 Å². The highest BCUT2D eigenvalue weighted by Gasteiger charge is 2.43. The minimum absolute atomic E-state index is 0.286. The van der Waals surface area contributed by atoms with Gasteiger partial charge in [0.2, 0.25) is 11.8 Å². The van der Waals surface area contributed by atoms with Gasteiger partial charge >= 0.3 is 12.1 Å². The van der Waals surface area contributed by atoms with Crippen LogP contribution in [0.3, 0.4) is 0 Å². The number of carbonyl (C=O) groups excluding carboxylic acids is 4. The zero-order valence-corrected chi connectivity index (χ0v) is 24.9. The zero-order chi connectivity index (χ0) is 30.6. The number of hydrogen-bond acceptors (Lipinski definition) is 7. The normalized spacial score (nSPS) is 19.4. The topological polar surface area (TPSA) is 130 Å². The molecule has 1 aromatic carbocycles. The largest absolute Gasteiger partial charge is 0.460 e. The Hall–Kier alpha value is -3.67. The summed E-state index contributed by atoms with van der Waals surface area (Å²) < 4.78 is 30.1. The molecule has 41 heavy (non-hydrogen) atoms. The van der Waals surface area contributed by atoms with E-state index < -0.39 is 59.8 Å². The molecule has 1 aromatic heterocycles. The lowest BCUT2D eigenvalue weighted by atomic mass is 10.00. The highest BCUT2D eigenvalue weighted by molar-refractivity contribution is 5.92. The molecular formula is C29H41FN4O7. The van der Waals surface area contributed by atoms with Crippen molar-refractivity contribution in [1.29, 1.82) is 0 Å². The van der Waals surface area contributed by atoms with Crippen molar-refractivity contribution in [2.24, 2.45) is 0 Å². The molecule has 1 aliphatic rings. The third-order valence-electron chi connectivity index (χ3n) is 7.29. The summed E-state index contributed by atoms with van der Waals surface area (Å²) in [4.78, 5) is 57.5. The Bertz CT molecular complexity index is 1270. The van der Waals surface area contributed by atoms with Crippen LogP contribution in [0.4, 0.5) is 9.18 Å². The molecule has 2 aromatic rings. The molecule has 0 bridgehead atoms. The van der Waals surface area contributed by atoms with Crippen molar-refractivity contribution < 1.29 is 37.8 Å². The Kier molecular flexibility index (Phi) is 10.0. The molecule has 226 valence electrons. The van der Waals surface area contributed by atoms with E-state index in [0.717, 1.165) is 15.8 Å². The van der Waals surface area contributed by atoms with E-state index >= 15 is 0 Å². The molecule has 0 saturated carbocycles. The molecule has 11 nitrogen and oxygen atoms in total. The average molecular weight is 577 g/mol. The molecule has 0 aliphatic carbocycles. The van der Waals surface area contributed by atoms with E-state index in [0.29, 0.717) is 18.4 Å². The lowest BCUT2D eigenvalue weighted by Crippen LogP contribution is -2.59. The summed E-state index contributed by atoms with van der Waals surface area (Å²) in [5.41, 5.74) is 0.697. The zero-order valence-electron chi connectivity index (χ0n) is 24.9. The van der Waals surface area contributed by atoms with Gasteiger partial charge < -0.3 is 29.4 Å². The smallest absolute Gasteiger partial charge is 0.410 e. The van der Waals surface area contributed by atoms with Crippen molar-refractivity contribution in [2.45, 2.75) is 90.3 Å². The van der Waals surface area contributed by atoms with Crippen LogP contribution in [0, 0.1) is 5.82 Å². The van der Waals surface area contributed by atoms with Gasteiger partial charge in [0.25, 0.3) is 0 Å². The lowest BCUT2D eigenvalue weighted by molar-refractivity contribution is -0.150. The number of esters is 1. The van der Waals surface area contributed by atoms with Crippen LogP contribution in [0.1, 0.15) is 53.5 Å². The number of likely N-dealkylation sites (tertiary alicyclic amines) is 1. The summed E-state index contributed by atoms with van der Waals surface area (Å²) in [7, 11) is 2.88. The van der Waals surface area contributed by atoms with Crippen LogP contribution in [0.15, 0.2) is 24.4 Å². The fourth-order valence-electron chi connectivity index (χ4n) is 4.88. The molecule has 0 spiro atoms. The molecule has 12 heteroatoms. The summed E-state index contributed by atoms with van der Waals surface area (Å²) in [5, 5.41) is 3.55. The molecule has 5 atom stereocenters. The fraction of sp³-hybridized carbons (Fsp3) is 0.586. The van der Waals surface area contributed by atoms with Gasteiger partial charge in [-0.2, -0.15) is 0 Å². The number of likely N-dealkylation sites (N-methyl/N-ethyl adjacent to an activating group) is 1. The van der Waals surface area contributed by atoms with Crippen molar-refractivity contribution in [2.75, 3.05) is 20.7 Å². The molecule has 3 rings (SSSR count). The van der Waals surface area contributed by atoms with E-state index in [-0.39, 0.29) is 12.4 Å². The van der Waals surface area contributed by atoms with Crippen molar-refractivity contribution in [3.63, 3.8) is 0 Å². The van der Waals surface area contributed by atoms with E-state index in [9.17, 15) is 23.6 Å². The number of rotatable bonds is 9. The first-order valence-electron chi connectivity index (χ1n) is 13.6. The summed E-state index contributed by atoms with van der Waals surface area (Å²) in [6, 6.07) is 1.85. The fourth-order valence-corrected chi connectivity index (χ4v) is 4.88. The number of carbonyl (C=O) groups is 4. The molecule has 0 radical (unpaired) electrons. The SMILES string of the molecule is CO[C@H](C)C(NC(=O)[C@H](C)N(C)C(=O)OC(C)(C)C)C(=O)N1CC[C@H](OC(C)=O)[C@H]1Cc1c[nH]c2cc(F)ccc12. The Morgan fingerprint density at radius 2 is 1.90 bits per heavy atom. The van der Waals surface area contributed by atoms with Crippen LogP contribution in [-0.4, -0.2) is 95.3 Å². The van der Waals surface area contributed by atoms with Crippen molar-refractivity contribution >= 4 is 34.8 Å². The summed E-state index contributed by atoms with van der Waals surface area (Å²) in [6.07, 6.45) is 0.525. The van der Waals surface area contributed by atoms with Crippen molar-refractivity contribution in [3.8, 4) is 0 Å². The van der Waals surface area contributed by atoms with E-state index in [1.807, 2.05) is 0 Å². The number of aromatic nitrogens is 1. The summed E-state index contributed by atoms with van der Waals surface area (Å²) >= 11 is 0. The van der Waals surface area contributed by atoms with Crippen LogP contribution < -0.4 is 5.32 Å². The van der Waals surface area contributed by atoms with Gasteiger partial charge in [-0.05, 0) is 64.8 Å². The number of ether oxygens (including phenoxy) is 3. The first kappa shape index (κ1) is 31.9. The molecule has 1 aliphatic heterocycles. The number of hydrogen-bond donors (Lipinski definition) is 2. The maximum atomic E-state index is 14.0. The Morgan fingerprint density at radius 3 is 2.51 bits per heavy atom. The predicted octanol–water partition coefficient (Wildman–Crippen LogP) is 3.16. The second-order valence-corrected chi connectivity index (χ2v) is 11.4. The summed E-state index contributed by atoms with van der Waals surface area (Å²) in [6.45, 7) is 9.97. The van der Waals surface area contributed by atoms with Gasteiger partial charge in [0.05, 0.1) is 12.1 Å². The van der Waals surface area contributed by atoms with Crippen LogP contribution in [0.2, 0.25) is 0 Å². The first-order valence-corrected chi connectivity index (χ1v) is 13.6. The van der Waals surface area contributed by atoms with E-state index in [4.69, 9.17) is 14.2 Å². The standard InChI is InChI=1S/C29H41FN4O7/c1-16(33(7)28(38)41-29(4,5)6)26(36)32-25(17(2)39-8)27(37)34-12-11-24(40-18(3)35)23(34)13-19-15-31-22-14-20(30)9-10-21(19)22/h9-10,14-17,23-25,31H,11-13H2,1-8H3,(H,32,36)/t16-,17+,23+,24-,25?/m0/s1. The third-order valence-corrected chi connectivity index (χ3v) is 7.29. The van der Waals surface area contributed by atoms with E-state index in [1.165, 1.54) is 40.1 Å². The van der Waals surface area contributed by atoms with Crippen LogP contribution in [-0.2, 0) is 35.0 Å². The van der Waals surface area contributed by atoms with E-state index in [1.54, 1.807) is 44.9 Å². The number of amides is 3. The third kappa shape index (κ3) is 7.75. The van der Waals surface area contributed by atoms with Crippen molar-refractivity contribution in [1.82, 2.24) is 20.1 Å². The maximum Gasteiger partial charge on any atom is 0.410 e. The van der Waals surface area contributed by atoms with Gasteiger partial charge in [0.15, 0.2) is 0 Å². The minimum atomic E-state index is -1.09. The van der Waals surface area contributed by atoms with Gasteiger partial charge in [-0.25, -0.2) is 9.18 Å². The number of benzene rings is 1. The number of fused-ring (bicyclic) bond motifs is 1. The van der Waals surface area contributed by atoms with Crippen molar-refractivity contribution in [3.05, 3.63) is 35.8 Å². The van der Waals surface area contributed by atoms with Crippen LogP contribution in [0.25, 0.3) is 10.9 Å². The number of nitrogens with one attached hydrogen (secondary N) is 2. The second kappa shape index (κ2) is 12.9. The molecule has 1 fully saturated rings. The molecule has 2 N–H and O–H groups in total. The number of halogens is 1. The number of nitrogens with zero attached hydrogens (tertiary/aromatic N) is 2. The Labute approximate surface area is 239 Å². The van der Waals surface area contributed by atoms with Gasteiger partial charge in [-0.15, -0.1) is 0 Å². The summed E-state index contributed by atoms with van der Waals surface area (Å²) in [5.74, 6) is -1.82. The highest BCUT2D eigenvalue weighted by atomic mass is 19.1. The minimum Gasteiger partial charge on any atom is -0.460 e. The molecule has 1 saturated heterocycles. The lowest BCUT2D eigenvalue weighted by Gasteiger charge is -2.34. The maximum absolute atomic E-state index is 14.0. The predicted molar refractivity (Wildman–Crippen MR) is 149 cm³/mol. The van der Waals surface area contributed by atoms with Gasteiger partial charge in [-0.1, -0.05) is 0 Å². The Morgan fingerprint density at radius 1 is 1.22 bits per heavy atom. The molecule has 1 unspecified atom stereocenters. The molecular weight excluding hydrogens is 535 g/mol. The quantitative estimate of drug-likeness (QED) is 0.439. The Balaban J connectivity index is 1.85. The van der Waals surface area contributed by atoms with Crippen LogP contribution >= 0.6 is 0 Å². The molecule has 3 amide bonds. The van der Waals surface area contributed by atoms with Gasteiger partial charge in [-0.3, -0.25) is 19.3 Å².